The zero-order valence-corrected chi connectivity index (χ0v) is 13.5. The van der Waals surface area contributed by atoms with Crippen LogP contribution in [0.25, 0.3) is 0 Å². The molecule has 1 aliphatic heterocycles. The number of rotatable bonds is 4. The number of halogens is 2. The molecule has 1 unspecified atom stereocenters. The van der Waals surface area contributed by atoms with Gasteiger partial charge in [-0.1, -0.05) is 34.8 Å². The molecule has 0 amide bonds. The van der Waals surface area contributed by atoms with Crippen LogP contribution in [0.4, 0.5) is 4.39 Å². The van der Waals surface area contributed by atoms with Gasteiger partial charge in [0, 0.05) is 29.0 Å². The third-order valence-electron chi connectivity index (χ3n) is 3.91. The van der Waals surface area contributed by atoms with E-state index in [0.717, 1.165) is 30.3 Å². The number of likely N-dealkylation sites (tertiary alicyclic amines) is 1. The highest BCUT2D eigenvalue weighted by Gasteiger charge is 2.23. The number of Topliss-reactive ketones (excluding diaryl/α,β-unsaturated/α-hetero) is 1. The molecular weight excluding hydrogens is 321 g/mol. The summed E-state index contributed by atoms with van der Waals surface area (Å²) in [6.07, 6.45) is 5.12. The van der Waals surface area contributed by atoms with Gasteiger partial charge in [-0.25, -0.2) is 4.39 Å². The number of carbonyl (C=O) groups is 1. The van der Waals surface area contributed by atoms with Crippen LogP contribution >= 0.6 is 15.9 Å². The predicted molar refractivity (Wildman–Crippen MR) is 82.1 cm³/mol. The van der Waals surface area contributed by atoms with E-state index in [1.807, 2.05) is 12.1 Å². The Bertz CT molecular complexity index is 478. The van der Waals surface area contributed by atoms with Gasteiger partial charge in [-0.3, -0.25) is 9.69 Å². The van der Waals surface area contributed by atoms with Gasteiger partial charge in [0.1, 0.15) is 11.6 Å². The number of hydrogen-bond acceptors (Lipinski definition) is 2. The van der Waals surface area contributed by atoms with Gasteiger partial charge in [-0.05, 0) is 38.4 Å². The van der Waals surface area contributed by atoms with Crippen LogP contribution in [0.15, 0.2) is 22.7 Å². The number of ketones is 1. The highest BCUT2D eigenvalue weighted by Crippen LogP contribution is 2.23. The van der Waals surface area contributed by atoms with E-state index in [2.05, 4.69) is 20.8 Å². The largest absolute Gasteiger partial charge is 0.300 e. The molecule has 2 nitrogen and oxygen atoms in total. The summed E-state index contributed by atoms with van der Waals surface area (Å²) in [7, 11) is 0. The van der Waals surface area contributed by atoms with E-state index in [-0.39, 0.29) is 17.6 Å². The Hall–Kier alpha value is -0.740. The number of nitrogens with zero attached hydrogens (tertiary/aromatic N) is 1. The van der Waals surface area contributed by atoms with E-state index in [4.69, 9.17) is 0 Å². The maximum atomic E-state index is 14.0. The minimum atomic E-state index is -0.176. The molecule has 20 heavy (non-hydrogen) atoms. The number of benzene rings is 1. The lowest BCUT2D eigenvalue weighted by atomic mass is 10.0. The summed E-state index contributed by atoms with van der Waals surface area (Å²) in [4.78, 5) is 13.7. The van der Waals surface area contributed by atoms with Crippen LogP contribution in [0.1, 0.15) is 44.6 Å². The smallest absolute Gasteiger partial charge is 0.131 e. The van der Waals surface area contributed by atoms with Crippen molar-refractivity contribution in [1.82, 2.24) is 4.90 Å². The molecule has 0 saturated carbocycles. The van der Waals surface area contributed by atoms with Gasteiger partial charge in [-0.15, -0.1) is 0 Å². The molecule has 1 aromatic rings. The van der Waals surface area contributed by atoms with Crippen molar-refractivity contribution in [2.75, 3.05) is 6.54 Å². The van der Waals surface area contributed by atoms with E-state index >= 15 is 0 Å². The fourth-order valence-electron chi connectivity index (χ4n) is 2.88. The van der Waals surface area contributed by atoms with Crippen molar-refractivity contribution < 1.29 is 9.18 Å². The molecule has 1 heterocycles. The zero-order valence-electron chi connectivity index (χ0n) is 11.9. The van der Waals surface area contributed by atoms with Crippen LogP contribution in [-0.4, -0.2) is 23.3 Å². The molecule has 0 bridgehead atoms. The highest BCUT2D eigenvalue weighted by atomic mass is 79.9. The normalized spacial score (nSPS) is 20.6. The standard InChI is InChI=1S/C16H21BrFNO/c1-12(20)9-15-5-3-2-4-8-19(15)11-13-6-7-14(17)10-16(13)18/h6-7,10,15H,2-5,8-9,11H2,1H3. The van der Waals surface area contributed by atoms with Crippen LogP contribution in [0.5, 0.6) is 0 Å². The molecule has 1 fully saturated rings. The lowest BCUT2D eigenvalue weighted by Crippen LogP contribution is -2.35. The maximum absolute atomic E-state index is 14.0. The Labute approximate surface area is 128 Å². The van der Waals surface area contributed by atoms with E-state index < -0.39 is 0 Å². The molecule has 1 atom stereocenters. The maximum Gasteiger partial charge on any atom is 0.131 e. The van der Waals surface area contributed by atoms with E-state index in [0.29, 0.717) is 18.5 Å². The Morgan fingerprint density at radius 3 is 2.90 bits per heavy atom. The van der Waals surface area contributed by atoms with Crippen LogP contribution < -0.4 is 0 Å². The lowest BCUT2D eigenvalue weighted by Gasteiger charge is -2.29. The van der Waals surface area contributed by atoms with Gasteiger partial charge in [0.25, 0.3) is 0 Å². The van der Waals surface area contributed by atoms with Gasteiger partial charge in [0.05, 0.1) is 0 Å². The Morgan fingerprint density at radius 2 is 2.20 bits per heavy atom. The SMILES string of the molecule is CC(=O)CC1CCCCCN1Cc1ccc(Br)cc1F. The topological polar surface area (TPSA) is 20.3 Å². The first-order valence-corrected chi connectivity index (χ1v) is 8.03. The van der Waals surface area contributed by atoms with Crippen LogP contribution in [0.2, 0.25) is 0 Å². The average molecular weight is 342 g/mol. The number of hydrogen-bond donors (Lipinski definition) is 0. The van der Waals surface area contributed by atoms with Crippen molar-refractivity contribution in [3.8, 4) is 0 Å². The van der Waals surface area contributed by atoms with Gasteiger partial charge in [0.15, 0.2) is 0 Å². The molecule has 0 N–H and O–H groups in total. The van der Waals surface area contributed by atoms with Crippen molar-refractivity contribution in [1.29, 1.82) is 0 Å². The minimum absolute atomic E-state index is 0.176. The summed E-state index contributed by atoms with van der Waals surface area (Å²) in [6, 6.07) is 5.47. The molecular formula is C16H21BrFNO. The van der Waals surface area contributed by atoms with Crippen LogP contribution in [0.3, 0.4) is 0 Å². The number of carbonyl (C=O) groups excluding carboxylic acids is 1. The molecule has 2 rings (SSSR count). The van der Waals surface area contributed by atoms with E-state index in [1.54, 1.807) is 6.92 Å². The summed E-state index contributed by atoms with van der Waals surface area (Å²) in [5.41, 5.74) is 0.712. The average Bonchev–Trinajstić information content (AvgIpc) is 2.58. The van der Waals surface area contributed by atoms with Crippen molar-refractivity contribution in [3.05, 3.63) is 34.1 Å². The first-order chi connectivity index (χ1) is 9.56. The van der Waals surface area contributed by atoms with Crippen molar-refractivity contribution >= 4 is 21.7 Å². The molecule has 1 saturated heterocycles. The second-order valence-corrected chi connectivity index (χ2v) is 6.53. The Balaban J connectivity index is 2.12. The molecule has 1 aliphatic rings. The first-order valence-electron chi connectivity index (χ1n) is 7.23. The van der Waals surface area contributed by atoms with Gasteiger partial charge >= 0.3 is 0 Å². The molecule has 1 aromatic carbocycles. The molecule has 4 heteroatoms. The Morgan fingerprint density at radius 1 is 1.40 bits per heavy atom. The zero-order chi connectivity index (χ0) is 14.5. The molecule has 0 radical (unpaired) electrons. The van der Waals surface area contributed by atoms with Gasteiger partial charge in [0.2, 0.25) is 0 Å². The summed E-state index contributed by atoms with van der Waals surface area (Å²) in [6.45, 7) is 3.19. The van der Waals surface area contributed by atoms with E-state index in [1.165, 1.54) is 12.5 Å². The van der Waals surface area contributed by atoms with Crippen molar-refractivity contribution in [2.45, 2.75) is 51.6 Å². The van der Waals surface area contributed by atoms with Crippen molar-refractivity contribution in [3.63, 3.8) is 0 Å². The second kappa shape index (κ2) is 7.32. The summed E-state index contributed by atoms with van der Waals surface area (Å²) < 4.78 is 14.7. The third-order valence-corrected chi connectivity index (χ3v) is 4.40. The fraction of sp³-hybridized carbons (Fsp3) is 0.562. The van der Waals surface area contributed by atoms with Crippen LogP contribution in [-0.2, 0) is 11.3 Å². The van der Waals surface area contributed by atoms with Gasteiger partial charge < -0.3 is 0 Å². The van der Waals surface area contributed by atoms with Crippen molar-refractivity contribution in [2.24, 2.45) is 0 Å². The monoisotopic (exact) mass is 341 g/mol. The summed E-state index contributed by atoms with van der Waals surface area (Å²) in [5.74, 6) is 0.0448. The van der Waals surface area contributed by atoms with Crippen LogP contribution in [0, 0.1) is 5.82 Å². The first kappa shape index (κ1) is 15.6. The molecule has 0 aromatic heterocycles. The Kier molecular flexibility index (Phi) is 5.73. The fourth-order valence-corrected chi connectivity index (χ4v) is 3.21. The van der Waals surface area contributed by atoms with E-state index in [9.17, 15) is 9.18 Å². The second-order valence-electron chi connectivity index (χ2n) is 5.62. The molecule has 0 spiro atoms. The third kappa shape index (κ3) is 4.38. The summed E-state index contributed by atoms with van der Waals surface area (Å²) >= 11 is 3.28. The highest BCUT2D eigenvalue weighted by molar-refractivity contribution is 9.10. The molecule has 110 valence electrons. The predicted octanol–water partition coefficient (Wildman–Crippen LogP) is 4.31. The quantitative estimate of drug-likeness (QED) is 0.813. The summed E-state index contributed by atoms with van der Waals surface area (Å²) in [5, 5.41) is 0. The lowest BCUT2D eigenvalue weighted by molar-refractivity contribution is -0.118. The molecule has 0 aliphatic carbocycles. The van der Waals surface area contributed by atoms with Gasteiger partial charge in [-0.2, -0.15) is 0 Å². The minimum Gasteiger partial charge on any atom is -0.300 e.